The summed E-state index contributed by atoms with van der Waals surface area (Å²) in [7, 11) is 0. The second kappa shape index (κ2) is 4.41. The van der Waals surface area contributed by atoms with E-state index in [0.29, 0.717) is 5.56 Å². The van der Waals surface area contributed by atoms with Gasteiger partial charge in [-0.05, 0) is 46.7 Å². The molecule has 0 spiro atoms. The Morgan fingerprint density at radius 1 is 1.62 bits per heavy atom. The average Bonchev–Trinajstić information content (AvgIpc) is 2.01. The van der Waals surface area contributed by atoms with Crippen molar-refractivity contribution in [3.63, 3.8) is 0 Å². The highest BCUT2D eigenvalue weighted by Gasteiger charge is 2.13. The predicted octanol–water partition coefficient (Wildman–Crippen LogP) is 3.31. The summed E-state index contributed by atoms with van der Waals surface area (Å²) >= 11 is 5.38. The highest BCUT2D eigenvalue weighted by Crippen LogP contribution is 2.23. The monoisotopic (exact) mass is 354 g/mol. The summed E-state index contributed by atoms with van der Waals surface area (Å²) in [6.07, 6.45) is 0.733. The van der Waals surface area contributed by atoms with E-state index in [4.69, 9.17) is 5.11 Å². The predicted molar refractivity (Wildman–Crippen MR) is 63.2 cm³/mol. The molecule has 2 nitrogen and oxygen atoms in total. The zero-order valence-electron chi connectivity index (χ0n) is 6.97. The van der Waals surface area contributed by atoms with Crippen molar-refractivity contribution in [2.24, 2.45) is 0 Å². The minimum atomic E-state index is -0.853. The first kappa shape index (κ1) is 11.0. The molecule has 0 atom stereocenters. The maximum Gasteiger partial charge on any atom is 0.337 e. The lowest BCUT2D eigenvalue weighted by atomic mass is 10.1. The summed E-state index contributed by atoms with van der Waals surface area (Å²) in [6, 6.07) is 3.66. The number of aryl methyl sites for hydroxylation is 1. The second-order valence-electron chi connectivity index (χ2n) is 2.58. The molecule has 0 aliphatic heterocycles. The number of halogens is 2. The molecule has 1 N–H and O–H groups in total. The fourth-order valence-corrected chi connectivity index (χ4v) is 2.99. The molecule has 4 heteroatoms. The third-order valence-corrected chi connectivity index (χ3v) is 3.04. The smallest absolute Gasteiger partial charge is 0.337 e. The summed E-state index contributed by atoms with van der Waals surface area (Å²) in [5, 5.41) is 8.95. The molecule has 0 aromatic heterocycles. The van der Waals surface area contributed by atoms with Crippen LogP contribution in [0.15, 0.2) is 16.6 Å². The van der Waals surface area contributed by atoms with Gasteiger partial charge in [0.15, 0.2) is 0 Å². The Hall–Kier alpha value is -0.100. The normalized spacial score (nSPS) is 10.1. The zero-order chi connectivity index (χ0) is 10.0. The number of carbonyl (C=O) groups is 1. The van der Waals surface area contributed by atoms with E-state index in [2.05, 4.69) is 15.9 Å². The van der Waals surface area contributed by atoms with Gasteiger partial charge in [-0.3, -0.25) is 0 Å². The Morgan fingerprint density at radius 2 is 2.23 bits per heavy atom. The SMILES string of the molecule is CCc1cc(Br)cc(I)c1C(=O)O. The van der Waals surface area contributed by atoms with Gasteiger partial charge in [-0.1, -0.05) is 22.9 Å². The van der Waals surface area contributed by atoms with Gasteiger partial charge in [0.1, 0.15) is 0 Å². The van der Waals surface area contributed by atoms with Gasteiger partial charge in [0.2, 0.25) is 0 Å². The van der Waals surface area contributed by atoms with Crippen molar-refractivity contribution in [1.82, 2.24) is 0 Å². The van der Waals surface area contributed by atoms with Crippen molar-refractivity contribution in [3.8, 4) is 0 Å². The van der Waals surface area contributed by atoms with Gasteiger partial charge in [0.25, 0.3) is 0 Å². The van der Waals surface area contributed by atoms with Crippen LogP contribution in [-0.2, 0) is 6.42 Å². The Kier molecular flexibility index (Phi) is 3.73. The molecule has 1 rings (SSSR count). The first-order valence-corrected chi connectivity index (χ1v) is 5.64. The maximum absolute atomic E-state index is 10.9. The van der Waals surface area contributed by atoms with E-state index in [1.807, 2.05) is 41.6 Å². The summed E-state index contributed by atoms with van der Waals surface area (Å²) in [6.45, 7) is 1.95. The first-order valence-electron chi connectivity index (χ1n) is 3.77. The number of carboxylic acids is 1. The Morgan fingerprint density at radius 3 is 2.69 bits per heavy atom. The van der Waals surface area contributed by atoms with E-state index >= 15 is 0 Å². The number of aromatic carboxylic acids is 1. The van der Waals surface area contributed by atoms with Crippen molar-refractivity contribution in [2.75, 3.05) is 0 Å². The van der Waals surface area contributed by atoms with Crippen LogP contribution in [0.1, 0.15) is 22.8 Å². The van der Waals surface area contributed by atoms with Gasteiger partial charge in [0.05, 0.1) is 5.56 Å². The lowest BCUT2D eigenvalue weighted by Gasteiger charge is -2.06. The third-order valence-electron chi connectivity index (χ3n) is 1.73. The molecule has 0 saturated heterocycles. The largest absolute Gasteiger partial charge is 0.478 e. The summed E-state index contributed by atoms with van der Waals surface area (Å²) < 4.78 is 1.70. The highest BCUT2D eigenvalue weighted by atomic mass is 127. The van der Waals surface area contributed by atoms with Crippen molar-refractivity contribution in [2.45, 2.75) is 13.3 Å². The average molecular weight is 355 g/mol. The Balaban J connectivity index is 3.38. The third kappa shape index (κ3) is 2.43. The van der Waals surface area contributed by atoms with E-state index < -0.39 is 5.97 Å². The fraction of sp³-hybridized carbons (Fsp3) is 0.222. The van der Waals surface area contributed by atoms with Gasteiger partial charge in [0, 0.05) is 8.04 Å². The van der Waals surface area contributed by atoms with Gasteiger partial charge in [-0.15, -0.1) is 0 Å². The second-order valence-corrected chi connectivity index (χ2v) is 4.66. The number of hydrogen-bond donors (Lipinski definition) is 1. The number of benzene rings is 1. The van der Waals surface area contributed by atoms with Gasteiger partial charge in [-0.25, -0.2) is 4.79 Å². The minimum Gasteiger partial charge on any atom is -0.478 e. The van der Waals surface area contributed by atoms with Gasteiger partial charge in [-0.2, -0.15) is 0 Å². The van der Waals surface area contributed by atoms with Crippen molar-refractivity contribution >= 4 is 44.5 Å². The lowest BCUT2D eigenvalue weighted by molar-refractivity contribution is 0.0694. The summed E-state index contributed by atoms with van der Waals surface area (Å²) in [5.41, 5.74) is 1.29. The van der Waals surface area contributed by atoms with Crippen LogP contribution in [0.2, 0.25) is 0 Å². The Bertz CT molecular complexity index is 350. The van der Waals surface area contributed by atoms with E-state index in [9.17, 15) is 4.79 Å². The topological polar surface area (TPSA) is 37.3 Å². The maximum atomic E-state index is 10.9. The van der Waals surface area contributed by atoms with Gasteiger partial charge < -0.3 is 5.11 Å². The summed E-state index contributed by atoms with van der Waals surface area (Å²) in [5.74, 6) is -0.853. The van der Waals surface area contributed by atoms with Crippen LogP contribution in [0.5, 0.6) is 0 Å². The molecular weight excluding hydrogens is 347 g/mol. The number of carboxylic acid groups (broad SMARTS) is 1. The molecule has 1 aromatic carbocycles. The minimum absolute atomic E-state index is 0.423. The van der Waals surface area contributed by atoms with Crippen LogP contribution < -0.4 is 0 Å². The molecular formula is C9H8BrIO2. The van der Waals surface area contributed by atoms with Crippen LogP contribution in [0.3, 0.4) is 0 Å². The molecule has 0 aliphatic rings. The highest BCUT2D eigenvalue weighted by molar-refractivity contribution is 14.1. The lowest BCUT2D eigenvalue weighted by Crippen LogP contribution is -2.04. The quantitative estimate of drug-likeness (QED) is 0.827. The molecule has 0 unspecified atom stereocenters. The molecule has 0 bridgehead atoms. The van der Waals surface area contributed by atoms with Crippen LogP contribution in [0, 0.1) is 3.57 Å². The van der Waals surface area contributed by atoms with E-state index in [0.717, 1.165) is 20.0 Å². The molecule has 0 radical (unpaired) electrons. The first-order chi connectivity index (χ1) is 6.06. The molecule has 0 heterocycles. The molecule has 0 fully saturated rings. The van der Waals surface area contributed by atoms with E-state index in [1.165, 1.54) is 0 Å². The van der Waals surface area contributed by atoms with E-state index in [-0.39, 0.29) is 0 Å². The number of rotatable bonds is 2. The van der Waals surface area contributed by atoms with Crippen LogP contribution in [0.25, 0.3) is 0 Å². The summed E-state index contributed by atoms with van der Waals surface area (Å²) in [4.78, 5) is 10.9. The van der Waals surface area contributed by atoms with Crippen LogP contribution in [-0.4, -0.2) is 11.1 Å². The molecule has 0 saturated carbocycles. The standard InChI is InChI=1S/C9H8BrIO2/c1-2-5-3-6(10)4-7(11)8(5)9(12)13/h3-4H,2H2,1H3,(H,12,13). The molecule has 1 aromatic rings. The van der Waals surface area contributed by atoms with Crippen LogP contribution >= 0.6 is 38.5 Å². The Labute approximate surface area is 98.6 Å². The van der Waals surface area contributed by atoms with Crippen molar-refractivity contribution < 1.29 is 9.90 Å². The van der Waals surface area contributed by atoms with Crippen LogP contribution in [0.4, 0.5) is 0 Å². The molecule has 13 heavy (non-hydrogen) atoms. The number of hydrogen-bond acceptors (Lipinski definition) is 1. The molecule has 0 aliphatic carbocycles. The fourth-order valence-electron chi connectivity index (χ4n) is 1.15. The van der Waals surface area contributed by atoms with E-state index in [1.54, 1.807) is 0 Å². The molecule has 0 amide bonds. The molecule has 70 valence electrons. The zero-order valence-corrected chi connectivity index (χ0v) is 10.7. The van der Waals surface area contributed by atoms with Crippen molar-refractivity contribution in [1.29, 1.82) is 0 Å². The van der Waals surface area contributed by atoms with Gasteiger partial charge >= 0.3 is 5.97 Å². The van der Waals surface area contributed by atoms with Crippen molar-refractivity contribution in [3.05, 3.63) is 31.3 Å².